The quantitative estimate of drug-likeness (QED) is 0.762. The number of halogens is 1. The molecule has 22 heavy (non-hydrogen) atoms. The molecule has 1 aliphatic rings. The predicted octanol–water partition coefficient (Wildman–Crippen LogP) is 4.86. The van der Waals surface area contributed by atoms with Gasteiger partial charge in [0.1, 0.15) is 17.5 Å². The molecule has 2 N–H and O–H groups in total. The Balaban J connectivity index is 2.28. The summed E-state index contributed by atoms with van der Waals surface area (Å²) in [5, 5.41) is 9.59. The number of anilines is 1. The second-order valence-electron chi connectivity index (χ2n) is 5.58. The lowest BCUT2D eigenvalue weighted by molar-refractivity contribution is 0.709. The Kier molecular flexibility index (Phi) is 4.51. The molecule has 2 aromatic rings. The highest BCUT2D eigenvalue weighted by Crippen LogP contribution is 2.41. The van der Waals surface area contributed by atoms with Gasteiger partial charge >= 0.3 is 0 Å². The molecule has 0 atom stereocenters. The maximum absolute atomic E-state index is 9.59. The minimum absolute atomic E-state index is 0.376. The van der Waals surface area contributed by atoms with Crippen molar-refractivity contribution in [2.75, 3.05) is 5.73 Å². The minimum atomic E-state index is 0.376. The number of nitrogen functional groups attached to an aromatic ring is 1. The van der Waals surface area contributed by atoms with E-state index in [1.54, 1.807) is 11.3 Å². The van der Waals surface area contributed by atoms with Crippen LogP contribution in [-0.2, 0) is 19.3 Å². The molecule has 1 aliphatic carbocycles. The van der Waals surface area contributed by atoms with E-state index in [0.29, 0.717) is 11.4 Å². The smallest absolute Gasteiger partial charge is 0.142 e. The molecule has 0 saturated carbocycles. The second-order valence-corrected chi connectivity index (χ2v) is 7.57. The van der Waals surface area contributed by atoms with E-state index in [1.807, 2.05) is 0 Å². The molecule has 2 aromatic heterocycles. The van der Waals surface area contributed by atoms with E-state index >= 15 is 0 Å². The molecule has 0 aromatic carbocycles. The highest BCUT2D eigenvalue weighted by Gasteiger charge is 2.22. The Morgan fingerprint density at radius 2 is 2.14 bits per heavy atom. The highest BCUT2D eigenvalue weighted by atomic mass is 79.9. The Morgan fingerprint density at radius 1 is 1.36 bits per heavy atom. The van der Waals surface area contributed by atoms with Gasteiger partial charge in [-0.25, -0.2) is 4.98 Å². The van der Waals surface area contributed by atoms with Crippen molar-refractivity contribution in [3.8, 4) is 16.5 Å². The van der Waals surface area contributed by atoms with Crippen molar-refractivity contribution >= 4 is 33.1 Å². The normalized spacial score (nSPS) is 14.2. The van der Waals surface area contributed by atoms with Crippen LogP contribution in [0.3, 0.4) is 0 Å². The summed E-state index contributed by atoms with van der Waals surface area (Å²) < 4.78 is 1.12. The number of fused-ring (bicyclic) bond motifs is 1. The summed E-state index contributed by atoms with van der Waals surface area (Å²) in [6.07, 6.45) is 6.46. The van der Waals surface area contributed by atoms with Crippen molar-refractivity contribution in [3.63, 3.8) is 0 Å². The summed E-state index contributed by atoms with van der Waals surface area (Å²) in [7, 11) is 0. The van der Waals surface area contributed by atoms with Crippen LogP contribution in [0.4, 0.5) is 5.82 Å². The van der Waals surface area contributed by atoms with Gasteiger partial charge in [-0.2, -0.15) is 5.26 Å². The van der Waals surface area contributed by atoms with E-state index in [1.165, 1.54) is 16.9 Å². The van der Waals surface area contributed by atoms with Gasteiger partial charge in [0.05, 0.1) is 0 Å². The molecule has 0 amide bonds. The van der Waals surface area contributed by atoms with Crippen molar-refractivity contribution in [3.05, 3.63) is 32.2 Å². The minimum Gasteiger partial charge on any atom is -0.383 e. The molecule has 0 bridgehead atoms. The topological polar surface area (TPSA) is 62.7 Å². The average molecular weight is 376 g/mol. The zero-order chi connectivity index (χ0) is 15.7. The Labute approximate surface area is 143 Å². The van der Waals surface area contributed by atoms with Crippen molar-refractivity contribution in [1.82, 2.24) is 4.98 Å². The van der Waals surface area contributed by atoms with Gasteiger partial charge in [-0.15, -0.1) is 11.3 Å². The highest BCUT2D eigenvalue weighted by molar-refractivity contribution is 9.10. The van der Waals surface area contributed by atoms with E-state index in [9.17, 15) is 5.26 Å². The van der Waals surface area contributed by atoms with Gasteiger partial charge in [-0.05, 0) is 59.7 Å². The number of thiophene rings is 1. The SMILES string of the molecule is CCc1sc(-c2c(C#N)c(N)nc3c2CCCCC3)cc1Br. The van der Waals surface area contributed by atoms with Crippen LogP contribution in [0.2, 0.25) is 0 Å². The average Bonchev–Trinajstić information content (AvgIpc) is 2.72. The van der Waals surface area contributed by atoms with Crippen LogP contribution < -0.4 is 5.73 Å². The number of aryl methyl sites for hydroxylation is 2. The maximum Gasteiger partial charge on any atom is 0.142 e. The number of pyridine rings is 1. The Hall–Kier alpha value is -1.38. The van der Waals surface area contributed by atoms with Gasteiger partial charge in [0.15, 0.2) is 0 Å². The summed E-state index contributed by atoms with van der Waals surface area (Å²) in [5.41, 5.74) is 9.97. The third-order valence-corrected chi connectivity index (χ3v) is 6.46. The molecule has 0 unspecified atom stereocenters. The van der Waals surface area contributed by atoms with Crippen LogP contribution in [0, 0.1) is 11.3 Å². The van der Waals surface area contributed by atoms with Crippen molar-refractivity contribution < 1.29 is 0 Å². The lowest BCUT2D eigenvalue weighted by Crippen LogP contribution is -2.06. The lowest BCUT2D eigenvalue weighted by Gasteiger charge is -2.14. The zero-order valence-corrected chi connectivity index (χ0v) is 15.0. The first-order valence-corrected chi connectivity index (χ1v) is 9.26. The fourth-order valence-electron chi connectivity index (χ4n) is 3.09. The van der Waals surface area contributed by atoms with Crippen LogP contribution in [0.15, 0.2) is 10.5 Å². The number of hydrogen-bond donors (Lipinski definition) is 1. The van der Waals surface area contributed by atoms with E-state index in [0.717, 1.165) is 52.7 Å². The largest absolute Gasteiger partial charge is 0.383 e. The summed E-state index contributed by atoms with van der Waals surface area (Å²) in [5.74, 6) is 0.376. The molecular formula is C17H18BrN3S. The van der Waals surface area contributed by atoms with Gasteiger partial charge < -0.3 is 5.73 Å². The van der Waals surface area contributed by atoms with Crippen LogP contribution in [-0.4, -0.2) is 4.98 Å². The van der Waals surface area contributed by atoms with Crippen molar-refractivity contribution in [1.29, 1.82) is 5.26 Å². The molecule has 3 rings (SSSR count). The molecule has 0 fully saturated rings. The summed E-state index contributed by atoms with van der Waals surface area (Å²) in [4.78, 5) is 6.96. The summed E-state index contributed by atoms with van der Waals surface area (Å²) in [6, 6.07) is 4.41. The third kappa shape index (κ3) is 2.66. The third-order valence-electron chi connectivity index (χ3n) is 4.19. The zero-order valence-electron chi connectivity index (χ0n) is 12.6. The van der Waals surface area contributed by atoms with Gasteiger partial charge in [0.25, 0.3) is 0 Å². The molecule has 0 aliphatic heterocycles. The van der Waals surface area contributed by atoms with Crippen LogP contribution in [0.25, 0.3) is 10.4 Å². The standard InChI is InChI=1S/C17H18BrN3S/c1-2-14-12(18)8-15(22-14)16-10-6-4-3-5-7-13(10)21-17(20)11(16)9-19/h8H,2-7H2,1H3,(H2,20,21). The Bertz CT molecular complexity index is 758. The summed E-state index contributed by atoms with van der Waals surface area (Å²) >= 11 is 5.38. The lowest BCUT2D eigenvalue weighted by atomic mass is 9.96. The van der Waals surface area contributed by atoms with E-state index in [-0.39, 0.29) is 0 Å². The predicted molar refractivity (Wildman–Crippen MR) is 95.0 cm³/mol. The first-order chi connectivity index (χ1) is 10.7. The van der Waals surface area contributed by atoms with Crippen molar-refractivity contribution in [2.45, 2.75) is 45.4 Å². The number of aromatic nitrogens is 1. The number of rotatable bonds is 2. The van der Waals surface area contributed by atoms with Crippen LogP contribution >= 0.6 is 27.3 Å². The number of nitrogens with two attached hydrogens (primary N) is 1. The van der Waals surface area contributed by atoms with Gasteiger partial charge in [-0.3, -0.25) is 0 Å². The fourth-order valence-corrected chi connectivity index (χ4v) is 5.07. The molecule has 0 radical (unpaired) electrons. The molecule has 114 valence electrons. The molecule has 2 heterocycles. The first kappa shape index (κ1) is 15.5. The maximum atomic E-state index is 9.59. The van der Waals surface area contributed by atoms with Crippen molar-refractivity contribution in [2.24, 2.45) is 0 Å². The van der Waals surface area contributed by atoms with E-state index < -0.39 is 0 Å². The van der Waals surface area contributed by atoms with Gasteiger partial charge in [0, 0.05) is 25.5 Å². The number of nitrogens with zero attached hydrogens (tertiary/aromatic N) is 2. The monoisotopic (exact) mass is 375 g/mol. The first-order valence-electron chi connectivity index (χ1n) is 7.65. The van der Waals surface area contributed by atoms with Gasteiger partial charge in [-0.1, -0.05) is 13.3 Å². The summed E-state index contributed by atoms with van der Waals surface area (Å²) in [6.45, 7) is 2.15. The molecule has 3 nitrogen and oxygen atoms in total. The van der Waals surface area contributed by atoms with Crippen LogP contribution in [0.1, 0.15) is 47.9 Å². The Morgan fingerprint density at radius 3 is 2.82 bits per heavy atom. The second kappa shape index (κ2) is 6.39. The number of hydrogen-bond acceptors (Lipinski definition) is 4. The molecule has 5 heteroatoms. The molecule has 0 saturated heterocycles. The molecular weight excluding hydrogens is 358 g/mol. The van der Waals surface area contributed by atoms with Crippen LogP contribution in [0.5, 0.6) is 0 Å². The van der Waals surface area contributed by atoms with Gasteiger partial charge in [0.2, 0.25) is 0 Å². The molecule has 0 spiro atoms. The van der Waals surface area contributed by atoms with E-state index in [2.05, 4.69) is 40.0 Å². The number of nitriles is 1. The van der Waals surface area contributed by atoms with E-state index in [4.69, 9.17) is 5.73 Å². The fraction of sp³-hybridized carbons (Fsp3) is 0.412.